The van der Waals surface area contributed by atoms with Crippen molar-refractivity contribution < 1.29 is 5.11 Å². The molecular formula is C30H52O. The molecule has 0 aromatic rings. The summed E-state index contributed by atoms with van der Waals surface area (Å²) >= 11 is 0. The van der Waals surface area contributed by atoms with Crippen molar-refractivity contribution in [1.29, 1.82) is 0 Å². The molecule has 0 saturated heterocycles. The molecule has 0 unspecified atom stereocenters. The lowest BCUT2D eigenvalue weighted by atomic mass is 9.45. The Hall–Kier alpha value is -0.560. The van der Waals surface area contributed by atoms with E-state index in [1.807, 2.05) is 0 Å². The number of hydrogen-bond donors (Lipinski definition) is 1. The zero-order valence-electron chi connectivity index (χ0n) is 21.9. The van der Waals surface area contributed by atoms with Crippen LogP contribution in [0.3, 0.4) is 0 Å². The maximum Gasteiger partial charge on any atom is 0.0653 e. The Morgan fingerprint density at radius 3 is 2.32 bits per heavy atom. The fourth-order valence-corrected chi connectivity index (χ4v) is 8.50. The fourth-order valence-electron chi connectivity index (χ4n) is 8.50. The summed E-state index contributed by atoms with van der Waals surface area (Å²) in [5.74, 6) is 1.84. The van der Waals surface area contributed by atoms with Gasteiger partial charge in [0.05, 0.1) is 5.60 Å². The lowest BCUT2D eigenvalue weighted by Gasteiger charge is -2.61. The van der Waals surface area contributed by atoms with Crippen LogP contribution in [0, 0.1) is 34.0 Å². The molecule has 3 rings (SSSR count). The number of fused-ring (bicyclic) bond motifs is 1. The van der Waals surface area contributed by atoms with Gasteiger partial charge in [-0.3, -0.25) is 0 Å². The summed E-state index contributed by atoms with van der Waals surface area (Å²) < 4.78 is 0. The Labute approximate surface area is 194 Å². The quantitative estimate of drug-likeness (QED) is 0.419. The van der Waals surface area contributed by atoms with Crippen LogP contribution in [0.5, 0.6) is 0 Å². The van der Waals surface area contributed by atoms with Crippen LogP contribution in [0.25, 0.3) is 0 Å². The van der Waals surface area contributed by atoms with Crippen molar-refractivity contribution in [2.45, 2.75) is 131 Å². The van der Waals surface area contributed by atoms with Gasteiger partial charge in [0.15, 0.2) is 0 Å². The highest BCUT2D eigenvalue weighted by atomic mass is 16.3. The third-order valence-corrected chi connectivity index (χ3v) is 10.3. The maximum absolute atomic E-state index is 11.4. The molecule has 0 radical (unpaired) electrons. The summed E-state index contributed by atoms with van der Waals surface area (Å²) in [7, 11) is 0. The van der Waals surface area contributed by atoms with Crippen LogP contribution in [0.15, 0.2) is 23.8 Å². The van der Waals surface area contributed by atoms with Crippen LogP contribution in [-0.4, -0.2) is 10.7 Å². The number of aliphatic hydroxyl groups is 1. The SMILES string of the molecule is C=C1CCCC(C)(C)[C@@H]1CC/C(C)=C/CC[C@H]1[C@@]2(C)CCCC(C)(C)[C@H]2CC[C@@]1(C)O. The van der Waals surface area contributed by atoms with E-state index in [1.54, 1.807) is 0 Å². The molecule has 1 nitrogen and oxygen atoms in total. The Kier molecular flexibility index (Phi) is 7.28. The van der Waals surface area contributed by atoms with Crippen LogP contribution >= 0.6 is 0 Å². The summed E-state index contributed by atoms with van der Waals surface area (Å²) in [6.07, 6.45) is 17.2. The Morgan fingerprint density at radius 1 is 0.968 bits per heavy atom. The molecule has 0 aliphatic heterocycles. The molecule has 0 bridgehead atoms. The first kappa shape index (κ1) is 25.1. The summed E-state index contributed by atoms with van der Waals surface area (Å²) in [6, 6.07) is 0. The van der Waals surface area contributed by atoms with E-state index in [0.717, 1.165) is 25.2 Å². The average Bonchev–Trinajstić information content (AvgIpc) is 2.62. The summed E-state index contributed by atoms with van der Waals surface area (Å²) in [5, 5.41) is 11.4. The number of allylic oxidation sites excluding steroid dienone is 3. The van der Waals surface area contributed by atoms with Crippen molar-refractivity contribution in [3.05, 3.63) is 23.8 Å². The van der Waals surface area contributed by atoms with E-state index in [2.05, 4.69) is 61.1 Å². The van der Waals surface area contributed by atoms with Crippen LogP contribution < -0.4 is 0 Å². The van der Waals surface area contributed by atoms with E-state index in [-0.39, 0.29) is 5.41 Å². The fraction of sp³-hybridized carbons (Fsp3) is 0.867. The monoisotopic (exact) mass is 428 g/mol. The van der Waals surface area contributed by atoms with Crippen LogP contribution in [0.4, 0.5) is 0 Å². The predicted octanol–water partition coefficient (Wildman–Crippen LogP) is 8.87. The van der Waals surface area contributed by atoms with Crippen molar-refractivity contribution in [3.8, 4) is 0 Å². The van der Waals surface area contributed by atoms with E-state index >= 15 is 0 Å². The second-order valence-corrected chi connectivity index (χ2v) is 13.6. The highest BCUT2D eigenvalue weighted by Crippen LogP contribution is 2.62. The van der Waals surface area contributed by atoms with Crippen molar-refractivity contribution in [3.63, 3.8) is 0 Å². The molecule has 1 N–H and O–H groups in total. The third kappa shape index (κ3) is 5.18. The summed E-state index contributed by atoms with van der Waals surface area (Å²) in [6.45, 7) is 21.2. The van der Waals surface area contributed by atoms with Crippen molar-refractivity contribution in [2.24, 2.45) is 34.0 Å². The molecule has 0 spiro atoms. The summed E-state index contributed by atoms with van der Waals surface area (Å²) in [4.78, 5) is 0. The minimum atomic E-state index is -0.510. The Balaban J connectivity index is 1.62. The van der Waals surface area contributed by atoms with Crippen LogP contribution in [0.2, 0.25) is 0 Å². The van der Waals surface area contributed by atoms with E-state index < -0.39 is 5.60 Å². The zero-order valence-corrected chi connectivity index (χ0v) is 21.9. The zero-order chi connectivity index (χ0) is 23.1. The third-order valence-electron chi connectivity index (χ3n) is 10.3. The molecular weight excluding hydrogens is 376 g/mol. The first-order valence-electron chi connectivity index (χ1n) is 13.4. The van der Waals surface area contributed by atoms with E-state index in [4.69, 9.17) is 0 Å². The Morgan fingerprint density at radius 2 is 1.65 bits per heavy atom. The lowest BCUT2D eigenvalue weighted by molar-refractivity contribution is -0.168. The molecule has 0 aromatic carbocycles. The lowest BCUT2D eigenvalue weighted by Crippen LogP contribution is -2.57. The van der Waals surface area contributed by atoms with Gasteiger partial charge in [0.2, 0.25) is 0 Å². The first-order chi connectivity index (χ1) is 14.3. The van der Waals surface area contributed by atoms with Gasteiger partial charge in [0.1, 0.15) is 0 Å². The van der Waals surface area contributed by atoms with Gasteiger partial charge in [-0.2, -0.15) is 0 Å². The molecule has 178 valence electrons. The predicted molar refractivity (Wildman–Crippen MR) is 135 cm³/mol. The van der Waals surface area contributed by atoms with Crippen molar-refractivity contribution in [1.82, 2.24) is 0 Å². The molecule has 31 heavy (non-hydrogen) atoms. The van der Waals surface area contributed by atoms with Gasteiger partial charge in [-0.25, -0.2) is 0 Å². The molecule has 1 heteroatoms. The molecule has 3 fully saturated rings. The standard InChI is InChI=1S/C30H52O/c1-22(15-16-24-23(2)13-10-18-27(24,3)4)12-9-14-26-29(7)20-11-19-28(5,6)25(29)17-21-30(26,8)31/h12,24-26,31H,2,9-11,13-21H2,1,3-8H3/b22-12+/t24-,25-,26+,29+,30-/m1/s1. The number of hydrogen-bond acceptors (Lipinski definition) is 1. The smallest absolute Gasteiger partial charge is 0.0653 e. The Bertz CT molecular complexity index is 679. The largest absolute Gasteiger partial charge is 0.390 e. The van der Waals surface area contributed by atoms with Gasteiger partial charge >= 0.3 is 0 Å². The van der Waals surface area contributed by atoms with Crippen LogP contribution in [-0.2, 0) is 0 Å². The second-order valence-electron chi connectivity index (χ2n) is 13.6. The average molecular weight is 429 g/mol. The topological polar surface area (TPSA) is 20.2 Å². The van der Waals surface area contributed by atoms with E-state index in [9.17, 15) is 5.11 Å². The van der Waals surface area contributed by atoms with Gasteiger partial charge in [0, 0.05) is 0 Å². The molecule has 5 atom stereocenters. The van der Waals surface area contributed by atoms with Gasteiger partial charge in [0.25, 0.3) is 0 Å². The van der Waals surface area contributed by atoms with Crippen LogP contribution in [0.1, 0.15) is 126 Å². The molecule has 0 heterocycles. The highest BCUT2D eigenvalue weighted by molar-refractivity contribution is 5.12. The molecule has 0 aromatic heterocycles. The molecule has 3 saturated carbocycles. The van der Waals surface area contributed by atoms with E-state index in [0.29, 0.717) is 22.7 Å². The molecule has 3 aliphatic carbocycles. The van der Waals surface area contributed by atoms with Crippen molar-refractivity contribution in [2.75, 3.05) is 0 Å². The molecule has 3 aliphatic rings. The first-order valence-corrected chi connectivity index (χ1v) is 13.4. The minimum absolute atomic E-state index is 0.287. The maximum atomic E-state index is 11.4. The summed E-state index contributed by atoms with van der Waals surface area (Å²) in [5.41, 5.74) is 3.63. The second kappa shape index (κ2) is 9.00. The van der Waals surface area contributed by atoms with Gasteiger partial charge in [-0.15, -0.1) is 0 Å². The van der Waals surface area contributed by atoms with Gasteiger partial charge in [-0.05, 0) is 118 Å². The van der Waals surface area contributed by atoms with Crippen molar-refractivity contribution >= 4 is 0 Å². The number of rotatable bonds is 6. The highest BCUT2D eigenvalue weighted by Gasteiger charge is 2.57. The van der Waals surface area contributed by atoms with Gasteiger partial charge in [-0.1, -0.05) is 64.8 Å². The molecule has 0 amide bonds. The normalized spacial score (nSPS) is 40.5. The van der Waals surface area contributed by atoms with E-state index in [1.165, 1.54) is 68.9 Å². The minimum Gasteiger partial charge on any atom is -0.390 e. The van der Waals surface area contributed by atoms with Gasteiger partial charge < -0.3 is 5.11 Å².